The monoisotopic (exact) mass is 300 g/mol. The van der Waals surface area contributed by atoms with Gasteiger partial charge in [-0.2, -0.15) is 0 Å². The lowest BCUT2D eigenvalue weighted by molar-refractivity contribution is 0.628. The third kappa shape index (κ3) is 2.20. The second-order valence-corrected chi connectivity index (χ2v) is 5.78. The van der Waals surface area contributed by atoms with Gasteiger partial charge in [-0.15, -0.1) is 11.3 Å². The van der Waals surface area contributed by atoms with Gasteiger partial charge in [-0.05, 0) is 46.3 Å². The number of halogens is 2. The van der Waals surface area contributed by atoms with Crippen molar-refractivity contribution in [1.29, 1.82) is 0 Å². The molecule has 84 valence electrons. The maximum Gasteiger partial charge on any atom is 0.125 e. The van der Waals surface area contributed by atoms with Crippen LogP contribution in [0.15, 0.2) is 34.1 Å². The number of hydrogen-bond donors (Lipinski definition) is 1. The van der Waals surface area contributed by atoms with Crippen molar-refractivity contribution >= 4 is 43.6 Å². The largest absolute Gasteiger partial charge is 0.397 e. The lowest BCUT2D eigenvalue weighted by Crippen LogP contribution is -2.10. The van der Waals surface area contributed by atoms with Crippen LogP contribution in [0.25, 0.3) is 0 Å². The molecule has 0 unspecified atom stereocenters. The number of thiophene rings is 1. The number of benzene rings is 1. The molecule has 2 nitrogen and oxygen atoms in total. The van der Waals surface area contributed by atoms with E-state index in [0.717, 1.165) is 14.5 Å². The summed E-state index contributed by atoms with van der Waals surface area (Å²) in [6.07, 6.45) is 0. The molecule has 1 aromatic heterocycles. The maximum absolute atomic E-state index is 12.9. The van der Waals surface area contributed by atoms with Gasteiger partial charge in [0.15, 0.2) is 0 Å². The lowest BCUT2D eigenvalue weighted by Gasteiger charge is -2.19. The molecule has 0 aliphatic rings. The van der Waals surface area contributed by atoms with E-state index in [-0.39, 0.29) is 5.82 Å². The molecule has 0 aliphatic carbocycles. The molecule has 0 spiro atoms. The van der Waals surface area contributed by atoms with Crippen molar-refractivity contribution in [2.75, 3.05) is 17.7 Å². The van der Waals surface area contributed by atoms with Crippen molar-refractivity contribution in [1.82, 2.24) is 0 Å². The van der Waals surface area contributed by atoms with Gasteiger partial charge in [0.2, 0.25) is 0 Å². The molecular formula is C11H10BrFN2S. The van der Waals surface area contributed by atoms with Gasteiger partial charge < -0.3 is 10.6 Å². The smallest absolute Gasteiger partial charge is 0.125 e. The van der Waals surface area contributed by atoms with E-state index in [1.165, 1.54) is 12.1 Å². The minimum absolute atomic E-state index is 0.318. The topological polar surface area (TPSA) is 29.3 Å². The third-order valence-corrected chi connectivity index (χ3v) is 3.94. The van der Waals surface area contributed by atoms with E-state index in [0.29, 0.717) is 5.69 Å². The molecule has 2 aromatic rings. The quantitative estimate of drug-likeness (QED) is 0.850. The Hall–Kier alpha value is -1.07. The summed E-state index contributed by atoms with van der Waals surface area (Å²) < 4.78 is 14.0. The molecule has 0 fully saturated rings. The fourth-order valence-electron chi connectivity index (χ4n) is 1.43. The molecule has 0 aliphatic heterocycles. The zero-order valence-electron chi connectivity index (χ0n) is 8.58. The Labute approximate surface area is 106 Å². The Morgan fingerprint density at radius 2 is 2.06 bits per heavy atom. The van der Waals surface area contributed by atoms with E-state index in [9.17, 15) is 4.39 Å². The number of anilines is 3. The minimum atomic E-state index is -0.318. The third-order valence-electron chi connectivity index (χ3n) is 2.24. The van der Waals surface area contributed by atoms with E-state index in [4.69, 9.17) is 5.73 Å². The number of nitrogens with two attached hydrogens (primary N) is 1. The average molecular weight is 301 g/mol. The summed E-state index contributed by atoms with van der Waals surface area (Å²) in [5.41, 5.74) is 7.02. The van der Waals surface area contributed by atoms with Gasteiger partial charge in [0.05, 0.1) is 20.2 Å². The van der Waals surface area contributed by atoms with Crippen molar-refractivity contribution in [2.45, 2.75) is 0 Å². The standard InChI is InChI=1S/C11H10BrFN2S/c1-15(11-5-4-10(12)16-11)9-3-2-7(13)6-8(9)14/h2-6H,14H2,1H3. The molecule has 5 heteroatoms. The highest BCUT2D eigenvalue weighted by atomic mass is 79.9. The Bertz CT molecular complexity index is 512. The van der Waals surface area contributed by atoms with E-state index < -0.39 is 0 Å². The van der Waals surface area contributed by atoms with E-state index in [1.807, 2.05) is 24.1 Å². The number of rotatable bonds is 2. The van der Waals surface area contributed by atoms with Crippen LogP contribution >= 0.6 is 27.3 Å². The Balaban J connectivity index is 2.37. The predicted octanol–water partition coefficient (Wildman–Crippen LogP) is 4.00. The molecule has 0 atom stereocenters. The zero-order valence-corrected chi connectivity index (χ0v) is 11.0. The molecule has 0 radical (unpaired) electrons. The van der Waals surface area contributed by atoms with Crippen molar-refractivity contribution in [3.05, 3.63) is 39.9 Å². The summed E-state index contributed by atoms with van der Waals surface area (Å²) in [7, 11) is 1.90. The summed E-state index contributed by atoms with van der Waals surface area (Å²) >= 11 is 5.00. The summed E-state index contributed by atoms with van der Waals surface area (Å²) in [6, 6.07) is 8.37. The maximum atomic E-state index is 12.9. The van der Waals surface area contributed by atoms with Gasteiger partial charge in [0.1, 0.15) is 5.82 Å². The molecule has 0 amide bonds. The first-order valence-corrected chi connectivity index (χ1v) is 6.23. The first-order valence-electron chi connectivity index (χ1n) is 4.62. The van der Waals surface area contributed by atoms with Crippen molar-refractivity contribution in [3.8, 4) is 0 Å². The minimum Gasteiger partial charge on any atom is -0.397 e. The highest BCUT2D eigenvalue weighted by Gasteiger charge is 2.10. The molecule has 2 N–H and O–H groups in total. The van der Waals surface area contributed by atoms with Crippen LogP contribution in [-0.2, 0) is 0 Å². The summed E-state index contributed by atoms with van der Waals surface area (Å²) in [5, 5.41) is 1.05. The Morgan fingerprint density at radius 3 is 2.62 bits per heavy atom. The van der Waals surface area contributed by atoms with Crippen LogP contribution in [0.4, 0.5) is 20.8 Å². The van der Waals surface area contributed by atoms with Gasteiger partial charge in [-0.3, -0.25) is 0 Å². The van der Waals surface area contributed by atoms with Crippen LogP contribution in [0.5, 0.6) is 0 Å². The Morgan fingerprint density at radius 1 is 1.31 bits per heavy atom. The Kier molecular flexibility index (Phi) is 3.16. The fraction of sp³-hybridized carbons (Fsp3) is 0.0909. The summed E-state index contributed by atoms with van der Waals surface area (Å²) in [6.45, 7) is 0. The summed E-state index contributed by atoms with van der Waals surface area (Å²) in [4.78, 5) is 1.93. The van der Waals surface area contributed by atoms with Crippen LogP contribution in [0.1, 0.15) is 0 Å². The highest BCUT2D eigenvalue weighted by molar-refractivity contribution is 9.11. The normalized spacial score (nSPS) is 10.4. The van der Waals surface area contributed by atoms with Crippen LogP contribution in [0.2, 0.25) is 0 Å². The van der Waals surface area contributed by atoms with Crippen molar-refractivity contribution in [3.63, 3.8) is 0 Å². The van der Waals surface area contributed by atoms with Gasteiger partial charge in [0.25, 0.3) is 0 Å². The molecule has 0 saturated heterocycles. The number of hydrogen-bond acceptors (Lipinski definition) is 3. The number of nitrogen functional groups attached to an aromatic ring is 1. The molecule has 1 aromatic carbocycles. The second-order valence-electron chi connectivity index (χ2n) is 3.34. The first kappa shape index (κ1) is 11.4. The van der Waals surface area contributed by atoms with Crippen molar-refractivity contribution < 1.29 is 4.39 Å². The van der Waals surface area contributed by atoms with Gasteiger partial charge in [0, 0.05) is 7.05 Å². The first-order chi connectivity index (χ1) is 7.58. The van der Waals surface area contributed by atoms with E-state index >= 15 is 0 Å². The summed E-state index contributed by atoms with van der Waals surface area (Å²) in [5.74, 6) is -0.318. The molecule has 1 heterocycles. The highest BCUT2D eigenvalue weighted by Crippen LogP contribution is 2.35. The second kappa shape index (κ2) is 4.43. The lowest BCUT2D eigenvalue weighted by atomic mass is 10.2. The van der Waals surface area contributed by atoms with Crippen LogP contribution < -0.4 is 10.6 Å². The van der Waals surface area contributed by atoms with Crippen LogP contribution in [0, 0.1) is 5.82 Å². The van der Waals surface area contributed by atoms with E-state index in [1.54, 1.807) is 17.4 Å². The molecule has 0 saturated carbocycles. The van der Waals surface area contributed by atoms with Crippen molar-refractivity contribution in [2.24, 2.45) is 0 Å². The molecule has 16 heavy (non-hydrogen) atoms. The number of nitrogens with zero attached hydrogens (tertiary/aromatic N) is 1. The predicted molar refractivity (Wildman–Crippen MR) is 70.9 cm³/mol. The van der Waals surface area contributed by atoms with Gasteiger partial charge >= 0.3 is 0 Å². The fourth-order valence-corrected chi connectivity index (χ4v) is 2.77. The average Bonchev–Trinajstić information content (AvgIpc) is 2.64. The molecule has 2 rings (SSSR count). The van der Waals surface area contributed by atoms with Crippen LogP contribution in [-0.4, -0.2) is 7.05 Å². The molecule has 0 bridgehead atoms. The van der Waals surface area contributed by atoms with E-state index in [2.05, 4.69) is 15.9 Å². The molecular weight excluding hydrogens is 291 g/mol. The van der Waals surface area contributed by atoms with Crippen LogP contribution in [0.3, 0.4) is 0 Å². The zero-order chi connectivity index (χ0) is 11.7. The van der Waals surface area contributed by atoms with Gasteiger partial charge in [-0.25, -0.2) is 4.39 Å². The van der Waals surface area contributed by atoms with Gasteiger partial charge in [-0.1, -0.05) is 0 Å². The SMILES string of the molecule is CN(c1ccc(Br)s1)c1ccc(F)cc1N.